The van der Waals surface area contributed by atoms with Crippen LogP contribution in [0.3, 0.4) is 0 Å². The molecule has 4 rings (SSSR count). The Bertz CT molecular complexity index is 793. The van der Waals surface area contributed by atoms with Crippen LogP contribution in [0.5, 0.6) is 0 Å². The molecule has 6 heteroatoms. The van der Waals surface area contributed by atoms with Crippen molar-refractivity contribution in [1.82, 2.24) is 15.2 Å². The first-order valence-electron chi connectivity index (χ1n) is 10.2. The van der Waals surface area contributed by atoms with Gasteiger partial charge in [-0.1, -0.05) is 12.8 Å². The van der Waals surface area contributed by atoms with E-state index in [0.717, 1.165) is 50.4 Å². The van der Waals surface area contributed by atoms with Crippen LogP contribution in [-0.4, -0.2) is 55.1 Å². The summed E-state index contributed by atoms with van der Waals surface area (Å²) in [6.45, 7) is 4.32. The largest absolute Gasteiger partial charge is 0.369 e. The summed E-state index contributed by atoms with van der Waals surface area (Å²) in [6.07, 6.45) is 7.95. The van der Waals surface area contributed by atoms with Gasteiger partial charge in [0.2, 0.25) is 0 Å². The van der Waals surface area contributed by atoms with Crippen molar-refractivity contribution in [1.29, 1.82) is 0 Å². The van der Waals surface area contributed by atoms with Gasteiger partial charge in [0.25, 0.3) is 5.91 Å². The molecule has 1 aromatic heterocycles. The van der Waals surface area contributed by atoms with Crippen molar-refractivity contribution in [3.63, 3.8) is 0 Å². The Morgan fingerprint density at radius 3 is 2.43 bits per heavy atom. The summed E-state index contributed by atoms with van der Waals surface area (Å²) >= 11 is 0. The predicted molar refractivity (Wildman–Crippen MR) is 113 cm³/mol. The third kappa shape index (κ3) is 4.62. The minimum absolute atomic E-state index is 0.0338. The molecule has 1 saturated heterocycles. The molecule has 0 radical (unpaired) electrons. The standard InChI is InChI=1S/C22H29N5O/c1-26-10-12-27(13-11-26)21-8-6-19(7-9-21)24-20-14-17(15-23-16-20)22(28)25-18-4-2-3-5-18/h6-9,14-16,18,24H,2-5,10-13H2,1H3,(H,25,28). The highest BCUT2D eigenvalue weighted by molar-refractivity contribution is 5.95. The molecule has 0 spiro atoms. The number of anilines is 3. The Hall–Kier alpha value is -2.60. The normalized spacial score (nSPS) is 18.2. The summed E-state index contributed by atoms with van der Waals surface area (Å²) in [5, 5.41) is 6.48. The number of carbonyl (C=O) groups is 1. The zero-order valence-corrected chi connectivity index (χ0v) is 16.5. The number of pyridine rings is 1. The molecule has 2 heterocycles. The van der Waals surface area contributed by atoms with Gasteiger partial charge in [0.05, 0.1) is 17.4 Å². The van der Waals surface area contributed by atoms with E-state index in [-0.39, 0.29) is 5.91 Å². The molecule has 1 amide bonds. The third-order valence-corrected chi connectivity index (χ3v) is 5.72. The maximum absolute atomic E-state index is 12.5. The highest BCUT2D eigenvalue weighted by Gasteiger charge is 2.18. The van der Waals surface area contributed by atoms with Gasteiger partial charge in [-0.05, 0) is 50.2 Å². The van der Waals surface area contributed by atoms with Crippen molar-refractivity contribution < 1.29 is 4.79 Å². The maximum atomic E-state index is 12.5. The van der Waals surface area contributed by atoms with Gasteiger partial charge in [0.15, 0.2) is 0 Å². The SMILES string of the molecule is CN1CCN(c2ccc(Nc3cncc(C(=O)NC4CCCC4)c3)cc2)CC1. The number of carbonyl (C=O) groups excluding carboxylic acids is 1. The fourth-order valence-electron chi connectivity index (χ4n) is 3.96. The third-order valence-electron chi connectivity index (χ3n) is 5.72. The zero-order valence-electron chi connectivity index (χ0n) is 16.5. The molecule has 2 aromatic rings. The van der Waals surface area contributed by atoms with E-state index in [0.29, 0.717) is 11.6 Å². The second kappa shape index (κ2) is 8.61. The molecule has 28 heavy (non-hydrogen) atoms. The van der Waals surface area contributed by atoms with Crippen LogP contribution in [0.25, 0.3) is 0 Å². The molecule has 2 aliphatic rings. The van der Waals surface area contributed by atoms with Gasteiger partial charge in [-0.3, -0.25) is 9.78 Å². The summed E-state index contributed by atoms with van der Waals surface area (Å²) in [7, 11) is 2.17. The molecule has 1 aromatic carbocycles. The molecule has 2 N–H and O–H groups in total. The lowest BCUT2D eigenvalue weighted by Gasteiger charge is -2.34. The van der Waals surface area contributed by atoms with E-state index >= 15 is 0 Å². The molecule has 148 valence electrons. The first-order chi connectivity index (χ1) is 13.7. The lowest BCUT2D eigenvalue weighted by atomic mass is 10.2. The van der Waals surface area contributed by atoms with Crippen molar-refractivity contribution in [3.8, 4) is 0 Å². The number of nitrogens with zero attached hydrogens (tertiary/aromatic N) is 3. The van der Waals surface area contributed by atoms with Gasteiger partial charge in [0, 0.05) is 49.8 Å². The molecule has 0 bridgehead atoms. The number of benzene rings is 1. The molecule has 1 aliphatic carbocycles. The van der Waals surface area contributed by atoms with Crippen LogP contribution in [0.2, 0.25) is 0 Å². The van der Waals surface area contributed by atoms with E-state index in [9.17, 15) is 4.79 Å². The van der Waals surface area contributed by atoms with Crippen LogP contribution >= 0.6 is 0 Å². The van der Waals surface area contributed by atoms with Crippen LogP contribution in [-0.2, 0) is 0 Å². The number of aromatic nitrogens is 1. The van der Waals surface area contributed by atoms with Gasteiger partial charge in [0.1, 0.15) is 0 Å². The average Bonchev–Trinajstić information content (AvgIpc) is 3.22. The summed E-state index contributed by atoms with van der Waals surface area (Å²) in [4.78, 5) is 21.5. The number of hydrogen-bond donors (Lipinski definition) is 2. The van der Waals surface area contributed by atoms with E-state index in [1.165, 1.54) is 18.5 Å². The van der Waals surface area contributed by atoms with Gasteiger partial charge in [-0.25, -0.2) is 0 Å². The van der Waals surface area contributed by atoms with Crippen molar-refractivity contribution >= 4 is 23.0 Å². The number of amides is 1. The number of hydrogen-bond acceptors (Lipinski definition) is 5. The highest BCUT2D eigenvalue weighted by Crippen LogP contribution is 2.23. The van der Waals surface area contributed by atoms with Gasteiger partial charge >= 0.3 is 0 Å². The lowest BCUT2D eigenvalue weighted by molar-refractivity contribution is 0.0937. The van der Waals surface area contributed by atoms with E-state index < -0.39 is 0 Å². The fraction of sp³-hybridized carbons (Fsp3) is 0.455. The zero-order chi connectivity index (χ0) is 19.3. The monoisotopic (exact) mass is 379 g/mol. The van der Waals surface area contributed by atoms with Crippen LogP contribution in [0.4, 0.5) is 17.1 Å². The topological polar surface area (TPSA) is 60.5 Å². The van der Waals surface area contributed by atoms with Crippen molar-refractivity contribution in [2.24, 2.45) is 0 Å². The second-order valence-electron chi connectivity index (χ2n) is 7.88. The number of nitrogens with one attached hydrogen (secondary N) is 2. The highest BCUT2D eigenvalue weighted by atomic mass is 16.1. The molecule has 6 nitrogen and oxygen atoms in total. The number of piperazine rings is 1. The predicted octanol–water partition coefficient (Wildman–Crippen LogP) is 3.25. The van der Waals surface area contributed by atoms with Gasteiger partial charge in [-0.15, -0.1) is 0 Å². The number of rotatable bonds is 5. The summed E-state index contributed by atoms with van der Waals surface area (Å²) in [5.41, 5.74) is 3.67. The van der Waals surface area contributed by atoms with Gasteiger partial charge < -0.3 is 20.4 Å². The van der Waals surface area contributed by atoms with Crippen molar-refractivity contribution in [2.75, 3.05) is 43.4 Å². The Balaban J connectivity index is 1.38. The Labute approximate surface area is 166 Å². The fourth-order valence-corrected chi connectivity index (χ4v) is 3.96. The minimum Gasteiger partial charge on any atom is -0.369 e. The van der Waals surface area contributed by atoms with Gasteiger partial charge in [-0.2, -0.15) is 0 Å². The lowest BCUT2D eigenvalue weighted by Crippen LogP contribution is -2.44. The quantitative estimate of drug-likeness (QED) is 0.835. The first-order valence-corrected chi connectivity index (χ1v) is 10.2. The van der Waals surface area contributed by atoms with E-state index in [2.05, 4.69) is 56.7 Å². The maximum Gasteiger partial charge on any atom is 0.253 e. The van der Waals surface area contributed by atoms with E-state index in [1.54, 1.807) is 12.4 Å². The van der Waals surface area contributed by atoms with E-state index in [1.807, 2.05) is 6.07 Å². The molecule has 1 saturated carbocycles. The molecule has 0 unspecified atom stereocenters. The Morgan fingerprint density at radius 1 is 1.00 bits per heavy atom. The second-order valence-corrected chi connectivity index (χ2v) is 7.88. The average molecular weight is 380 g/mol. The first kappa shape index (κ1) is 18.7. The summed E-state index contributed by atoms with van der Waals surface area (Å²) in [5.74, 6) is -0.0338. The molecule has 2 fully saturated rings. The van der Waals surface area contributed by atoms with Crippen LogP contribution in [0, 0.1) is 0 Å². The Morgan fingerprint density at radius 2 is 1.71 bits per heavy atom. The van der Waals surface area contributed by atoms with Crippen molar-refractivity contribution in [2.45, 2.75) is 31.7 Å². The van der Waals surface area contributed by atoms with E-state index in [4.69, 9.17) is 0 Å². The van der Waals surface area contributed by atoms with Crippen LogP contribution < -0.4 is 15.5 Å². The smallest absolute Gasteiger partial charge is 0.253 e. The summed E-state index contributed by atoms with van der Waals surface area (Å²) < 4.78 is 0. The molecular weight excluding hydrogens is 350 g/mol. The van der Waals surface area contributed by atoms with Crippen molar-refractivity contribution in [3.05, 3.63) is 48.3 Å². The van der Waals surface area contributed by atoms with Crippen LogP contribution in [0.1, 0.15) is 36.0 Å². The Kier molecular flexibility index (Phi) is 5.76. The molecule has 0 atom stereocenters. The minimum atomic E-state index is -0.0338. The van der Waals surface area contributed by atoms with Crippen LogP contribution in [0.15, 0.2) is 42.7 Å². The summed E-state index contributed by atoms with van der Waals surface area (Å²) in [6, 6.07) is 10.6. The molecule has 1 aliphatic heterocycles. The molecular formula is C22H29N5O. The number of likely N-dealkylation sites (N-methyl/N-ethyl adjacent to an activating group) is 1.